The molecule has 6 nitrogen and oxygen atoms in total. The average Bonchev–Trinajstić information content (AvgIpc) is 2.62. The van der Waals surface area contributed by atoms with Crippen LogP contribution in [0.15, 0.2) is 48.5 Å². The van der Waals surface area contributed by atoms with E-state index in [1.54, 1.807) is 7.11 Å². The van der Waals surface area contributed by atoms with Crippen molar-refractivity contribution in [1.29, 1.82) is 0 Å². The van der Waals surface area contributed by atoms with Crippen LogP contribution < -0.4 is 15.4 Å². The predicted octanol–water partition coefficient (Wildman–Crippen LogP) is 2.22. The number of nitrogens with two attached hydrogens (primary N) is 1. The molecule has 0 spiro atoms. The summed E-state index contributed by atoms with van der Waals surface area (Å²) in [5, 5.41) is 10.2. The number of benzene rings is 2. The van der Waals surface area contributed by atoms with Crippen molar-refractivity contribution < 1.29 is 9.84 Å². The van der Waals surface area contributed by atoms with Gasteiger partial charge in [-0.3, -0.25) is 0 Å². The monoisotopic (exact) mass is 324 g/mol. The third kappa shape index (κ3) is 3.23. The molecule has 0 radical (unpaired) electrons. The Kier molecular flexibility index (Phi) is 4.77. The van der Waals surface area contributed by atoms with Gasteiger partial charge in [0.05, 0.1) is 19.2 Å². The van der Waals surface area contributed by atoms with E-state index < -0.39 is 0 Å². The normalized spacial score (nSPS) is 10.8. The molecular formula is C18H20N4O2. The Morgan fingerprint density at radius 3 is 2.62 bits per heavy atom. The first-order valence-corrected chi connectivity index (χ1v) is 7.73. The lowest BCUT2D eigenvalue weighted by Gasteiger charge is -2.23. The smallest absolute Gasteiger partial charge is 0.228 e. The number of nitrogens with zero attached hydrogens (tertiary/aromatic N) is 3. The molecule has 124 valence electrons. The van der Waals surface area contributed by atoms with Crippen LogP contribution in [0, 0.1) is 0 Å². The van der Waals surface area contributed by atoms with Gasteiger partial charge in [-0.2, -0.15) is 4.98 Å². The Bertz CT molecular complexity index is 838. The van der Waals surface area contributed by atoms with Gasteiger partial charge in [-0.25, -0.2) is 4.98 Å². The topological polar surface area (TPSA) is 84.5 Å². The molecule has 3 rings (SSSR count). The third-order valence-corrected chi connectivity index (χ3v) is 3.83. The number of aromatic nitrogens is 2. The Balaban J connectivity index is 1.99. The highest BCUT2D eigenvalue weighted by Crippen LogP contribution is 2.24. The summed E-state index contributed by atoms with van der Waals surface area (Å²) in [6.45, 7) is 0.906. The van der Waals surface area contributed by atoms with Crippen LogP contribution in [0.1, 0.15) is 5.56 Å². The molecule has 0 saturated carbocycles. The summed E-state index contributed by atoms with van der Waals surface area (Å²) < 4.78 is 5.40. The van der Waals surface area contributed by atoms with Crippen LogP contribution >= 0.6 is 0 Å². The third-order valence-electron chi connectivity index (χ3n) is 3.83. The lowest BCUT2D eigenvalue weighted by Crippen LogP contribution is -2.28. The van der Waals surface area contributed by atoms with E-state index in [1.807, 2.05) is 53.4 Å². The number of nitrogen functional groups attached to an aromatic ring is 1. The Morgan fingerprint density at radius 2 is 1.83 bits per heavy atom. The Morgan fingerprint density at radius 1 is 1.08 bits per heavy atom. The van der Waals surface area contributed by atoms with Gasteiger partial charge in [-0.1, -0.05) is 30.3 Å². The van der Waals surface area contributed by atoms with E-state index in [0.717, 1.165) is 22.2 Å². The van der Waals surface area contributed by atoms with Crippen molar-refractivity contribution in [2.45, 2.75) is 6.54 Å². The molecule has 0 saturated heterocycles. The van der Waals surface area contributed by atoms with Gasteiger partial charge in [0.2, 0.25) is 5.95 Å². The van der Waals surface area contributed by atoms with Gasteiger partial charge in [0, 0.05) is 24.0 Å². The average molecular weight is 324 g/mol. The van der Waals surface area contributed by atoms with E-state index in [9.17, 15) is 5.11 Å². The number of rotatable bonds is 6. The summed E-state index contributed by atoms with van der Waals surface area (Å²) >= 11 is 0. The van der Waals surface area contributed by atoms with Crippen LogP contribution in [-0.4, -0.2) is 35.3 Å². The van der Waals surface area contributed by atoms with Gasteiger partial charge in [0.25, 0.3) is 0 Å². The maximum atomic E-state index is 9.43. The number of methoxy groups -OCH3 is 1. The van der Waals surface area contributed by atoms with Crippen molar-refractivity contribution in [2.24, 2.45) is 0 Å². The largest absolute Gasteiger partial charge is 0.496 e. The number of aliphatic hydroxyl groups excluding tert-OH is 1. The fraction of sp³-hybridized carbons (Fsp3) is 0.222. The summed E-state index contributed by atoms with van der Waals surface area (Å²) in [5.41, 5.74) is 7.85. The molecule has 0 atom stereocenters. The van der Waals surface area contributed by atoms with Gasteiger partial charge >= 0.3 is 0 Å². The van der Waals surface area contributed by atoms with E-state index in [4.69, 9.17) is 10.5 Å². The zero-order valence-electron chi connectivity index (χ0n) is 13.5. The summed E-state index contributed by atoms with van der Waals surface area (Å²) in [6.07, 6.45) is 0. The first kappa shape index (κ1) is 16.0. The molecule has 0 aliphatic carbocycles. The molecule has 0 bridgehead atoms. The highest BCUT2D eigenvalue weighted by atomic mass is 16.5. The zero-order valence-corrected chi connectivity index (χ0v) is 13.5. The van der Waals surface area contributed by atoms with Gasteiger partial charge in [-0.15, -0.1) is 0 Å². The second kappa shape index (κ2) is 7.14. The minimum absolute atomic E-state index is 0.00869. The molecule has 24 heavy (non-hydrogen) atoms. The second-order valence-electron chi connectivity index (χ2n) is 5.38. The molecular weight excluding hydrogens is 304 g/mol. The number of hydrogen-bond acceptors (Lipinski definition) is 6. The van der Waals surface area contributed by atoms with Crippen molar-refractivity contribution in [2.75, 3.05) is 30.9 Å². The van der Waals surface area contributed by atoms with Crippen LogP contribution in [0.4, 0.5) is 11.8 Å². The fourth-order valence-corrected chi connectivity index (χ4v) is 2.64. The fourth-order valence-electron chi connectivity index (χ4n) is 2.64. The molecule has 0 unspecified atom stereocenters. The summed E-state index contributed by atoms with van der Waals surface area (Å²) in [6, 6.07) is 15.4. The van der Waals surface area contributed by atoms with E-state index >= 15 is 0 Å². The van der Waals surface area contributed by atoms with Gasteiger partial charge in [0.1, 0.15) is 11.6 Å². The van der Waals surface area contributed by atoms with Crippen LogP contribution in [0.2, 0.25) is 0 Å². The molecule has 1 aromatic heterocycles. The number of hydrogen-bond donors (Lipinski definition) is 2. The van der Waals surface area contributed by atoms with Crippen molar-refractivity contribution in [3.05, 3.63) is 54.1 Å². The van der Waals surface area contributed by atoms with Gasteiger partial charge in [-0.05, 0) is 18.2 Å². The summed E-state index contributed by atoms with van der Waals surface area (Å²) in [7, 11) is 1.64. The number of ether oxygens (including phenoxy) is 1. The number of aliphatic hydroxyl groups is 1. The van der Waals surface area contributed by atoms with Crippen molar-refractivity contribution in [1.82, 2.24) is 9.97 Å². The molecule has 1 heterocycles. The maximum absolute atomic E-state index is 9.43. The molecule has 0 amide bonds. The van der Waals surface area contributed by atoms with Crippen LogP contribution in [0.3, 0.4) is 0 Å². The Labute approximate surface area is 140 Å². The molecule has 0 aliphatic heterocycles. The van der Waals surface area contributed by atoms with Crippen molar-refractivity contribution in [3.8, 4) is 5.75 Å². The van der Waals surface area contributed by atoms with Gasteiger partial charge < -0.3 is 20.5 Å². The zero-order chi connectivity index (χ0) is 16.9. The first-order chi connectivity index (χ1) is 11.7. The molecule has 3 N–H and O–H groups in total. The van der Waals surface area contributed by atoms with Gasteiger partial charge in [0.15, 0.2) is 0 Å². The van der Waals surface area contributed by atoms with E-state index in [2.05, 4.69) is 9.97 Å². The van der Waals surface area contributed by atoms with E-state index in [-0.39, 0.29) is 6.61 Å². The van der Waals surface area contributed by atoms with Crippen molar-refractivity contribution in [3.63, 3.8) is 0 Å². The highest BCUT2D eigenvalue weighted by Gasteiger charge is 2.15. The van der Waals surface area contributed by atoms with E-state index in [0.29, 0.717) is 24.9 Å². The Hall–Kier alpha value is -2.86. The maximum Gasteiger partial charge on any atom is 0.228 e. The molecule has 0 fully saturated rings. The number of anilines is 2. The summed E-state index contributed by atoms with van der Waals surface area (Å²) in [5.74, 6) is 1.71. The lowest BCUT2D eigenvalue weighted by molar-refractivity contribution is 0.300. The van der Waals surface area contributed by atoms with Crippen LogP contribution in [-0.2, 0) is 6.54 Å². The minimum Gasteiger partial charge on any atom is -0.496 e. The van der Waals surface area contributed by atoms with Crippen LogP contribution in [0.5, 0.6) is 5.75 Å². The highest BCUT2D eigenvalue weighted by molar-refractivity contribution is 5.88. The SMILES string of the molecule is COc1ccccc1CN(CCO)c1nc(N)c2ccccc2n1. The minimum atomic E-state index is -0.00869. The number of para-hydroxylation sites is 2. The summed E-state index contributed by atoms with van der Waals surface area (Å²) in [4.78, 5) is 10.9. The molecule has 3 aromatic rings. The second-order valence-corrected chi connectivity index (χ2v) is 5.38. The standard InChI is InChI=1S/C18H20N4O2/c1-24-16-9-5-2-6-13(16)12-22(10-11-23)18-20-15-8-4-3-7-14(15)17(19)21-18/h2-9,23H,10-12H2,1H3,(H2,19,20,21). The quantitative estimate of drug-likeness (QED) is 0.723. The number of fused-ring (bicyclic) bond motifs is 1. The lowest BCUT2D eigenvalue weighted by atomic mass is 10.2. The first-order valence-electron chi connectivity index (χ1n) is 7.73. The molecule has 6 heteroatoms. The van der Waals surface area contributed by atoms with E-state index in [1.165, 1.54) is 0 Å². The molecule has 0 aliphatic rings. The molecule has 2 aromatic carbocycles. The predicted molar refractivity (Wildman–Crippen MR) is 95.1 cm³/mol. The van der Waals surface area contributed by atoms with Crippen molar-refractivity contribution >= 4 is 22.7 Å². The van der Waals surface area contributed by atoms with Crippen LogP contribution in [0.25, 0.3) is 10.9 Å².